The minimum absolute atomic E-state index is 0.455. The molecule has 0 saturated heterocycles. The second kappa shape index (κ2) is 6.83. The van der Waals surface area contributed by atoms with Crippen LogP contribution in [-0.2, 0) is 0 Å². The van der Waals surface area contributed by atoms with Gasteiger partial charge in [-0.15, -0.1) is 0 Å². The smallest absolute Gasteiger partial charge is 0.124 e. The molecule has 1 saturated carbocycles. The summed E-state index contributed by atoms with van der Waals surface area (Å²) >= 11 is 0. The van der Waals surface area contributed by atoms with Gasteiger partial charge in [-0.1, -0.05) is 51.3 Å². The number of ether oxygens (including phenoxy) is 1. The first-order chi connectivity index (χ1) is 10.2. The van der Waals surface area contributed by atoms with Crippen LogP contribution in [0.1, 0.15) is 57.6 Å². The number of benzene rings is 1. The molecule has 1 fully saturated rings. The van der Waals surface area contributed by atoms with E-state index in [4.69, 9.17) is 4.74 Å². The Kier molecular flexibility index (Phi) is 4.84. The highest BCUT2D eigenvalue weighted by atomic mass is 16.5. The van der Waals surface area contributed by atoms with Crippen molar-refractivity contribution in [2.24, 2.45) is 17.8 Å². The predicted molar refractivity (Wildman–Crippen MR) is 87.6 cm³/mol. The Morgan fingerprint density at radius 3 is 2.90 bits per heavy atom. The van der Waals surface area contributed by atoms with Crippen molar-refractivity contribution in [3.63, 3.8) is 0 Å². The SMILES string of the molecule is CC1CCCC(CCNC2c3ccccc3OCC2C)C1. The average molecular weight is 287 g/mol. The summed E-state index contributed by atoms with van der Waals surface area (Å²) in [6, 6.07) is 8.95. The molecule has 116 valence electrons. The molecule has 1 aromatic rings. The lowest BCUT2D eigenvalue weighted by Crippen LogP contribution is -2.35. The summed E-state index contributed by atoms with van der Waals surface area (Å²) in [5, 5.41) is 3.81. The summed E-state index contributed by atoms with van der Waals surface area (Å²) in [4.78, 5) is 0. The van der Waals surface area contributed by atoms with Gasteiger partial charge in [0, 0.05) is 17.5 Å². The Hall–Kier alpha value is -1.02. The van der Waals surface area contributed by atoms with E-state index in [2.05, 4.69) is 43.4 Å². The van der Waals surface area contributed by atoms with Crippen LogP contribution >= 0.6 is 0 Å². The number of hydrogen-bond donors (Lipinski definition) is 1. The fourth-order valence-corrected chi connectivity index (χ4v) is 4.07. The molecule has 3 rings (SSSR count). The molecule has 0 radical (unpaired) electrons. The molecule has 2 nitrogen and oxygen atoms in total. The van der Waals surface area contributed by atoms with Gasteiger partial charge >= 0.3 is 0 Å². The standard InChI is InChI=1S/C19H29NO/c1-14-6-5-7-16(12-14)10-11-20-19-15(2)13-21-18-9-4-3-8-17(18)19/h3-4,8-9,14-16,19-20H,5-7,10-13H2,1-2H3. The van der Waals surface area contributed by atoms with Gasteiger partial charge in [0.1, 0.15) is 5.75 Å². The molecular formula is C19H29NO. The first-order valence-corrected chi connectivity index (χ1v) is 8.69. The minimum atomic E-state index is 0.455. The molecule has 0 bridgehead atoms. The topological polar surface area (TPSA) is 21.3 Å². The quantitative estimate of drug-likeness (QED) is 0.876. The van der Waals surface area contributed by atoms with Gasteiger partial charge in [-0.05, 0) is 37.3 Å². The monoisotopic (exact) mass is 287 g/mol. The zero-order valence-electron chi connectivity index (χ0n) is 13.5. The van der Waals surface area contributed by atoms with Crippen LogP contribution in [0.3, 0.4) is 0 Å². The lowest BCUT2D eigenvalue weighted by Gasteiger charge is -2.33. The Morgan fingerprint density at radius 1 is 1.19 bits per heavy atom. The van der Waals surface area contributed by atoms with Gasteiger partial charge in [-0.3, -0.25) is 0 Å². The highest BCUT2D eigenvalue weighted by molar-refractivity contribution is 5.37. The summed E-state index contributed by atoms with van der Waals surface area (Å²) < 4.78 is 5.84. The van der Waals surface area contributed by atoms with Crippen molar-refractivity contribution in [3.8, 4) is 5.75 Å². The highest BCUT2D eigenvalue weighted by Gasteiger charge is 2.27. The van der Waals surface area contributed by atoms with Gasteiger partial charge in [0.15, 0.2) is 0 Å². The third kappa shape index (κ3) is 3.60. The Bertz CT molecular complexity index is 459. The van der Waals surface area contributed by atoms with Gasteiger partial charge in [-0.25, -0.2) is 0 Å². The fourth-order valence-electron chi connectivity index (χ4n) is 4.07. The van der Waals surface area contributed by atoms with Gasteiger partial charge in [-0.2, -0.15) is 0 Å². The number of nitrogens with one attached hydrogen (secondary N) is 1. The van der Waals surface area contributed by atoms with Crippen LogP contribution in [-0.4, -0.2) is 13.2 Å². The zero-order valence-corrected chi connectivity index (χ0v) is 13.5. The van der Waals surface area contributed by atoms with Gasteiger partial charge in [0.2, 0.25) is 0 Å². The average Bonchev–Trinajstić information content (AvgIpc) is 2.50. The van der Waals surface area contributed by atoms with E-state index in [-0.39, 0.29) is 0 Å². The summed E-state index contributed by atoms with van der Waals surface area (Å²) in [5.41, 5.74) is 1.34. The van der Waals surface area contributed by atoms with Gasteiger partial charge < -0.3 is 10.1 Å². The van der Waals surface area contributed by atoms with Crippen molar-refractivity contribution in [3.05, 3.63) is 29.8 Å². The molecule has 4 atom stereocenters. The number of para-hydroxylation sites is 1. The van der Waals surface area contributed by atoms with Gasteiger partial charge in [0.25, 0.3) is 0 Å². The summed E-state index contributed by atoms with van der Waals surface area (Å²) in [7, 11) is 0. The minimum Gasteiger partial charge on any atom is -0.493 e. The molecule has 1 aromatic carbocycles. The molecular weight excluding hydrogens is 258 g/mol. The van der Waals surface area contributed by atoms with E-state index in [1.807, 2.05) is 0 Å². The Morgan fingerprint density at radius 2 is 2.05 bits per heavy atom. The van der Waals surface area contributed by atoms with E-state index in [1.165, 1.54) is 37.7 Å². The van der Waals surface area contributed by atoms with Crippen molar-refractivity contribution in [2.75, 3.05) is 13.2 Å². The van der Waals surface area contributed by atoms with Crippen LogP contribution < -0.4 is 10.1 Å². The molecule has 1 N–H and O–H groups in total. The molecule has 0 amide bonds. The van der Waals surface area contributed by atoms with Crippen LogP contribution in [0.15, 0.2) is 24.3 Å². The van der Waals surface area contributed by atoms with Crippen molar-refractivity contribution in [1.29, 1.82) is 0 Å². The number of fused-ring (bicyclic) bond motifs is 1. The van der Waals surface area contributed by atoms with Crippen molar-refractivity contribution >= 4 is 0 Å². The van der Waals surface area contributed by atoms with Crippen LogP contribution in [0.25, 0.3) is 0 Å². The molecule has 4 unspecified atom stereocenters. The van der Waals surface area contributed by atoms with Crippen LogP contribution in [0, 0.1) is 17.8 Å². The van der Waals surface area contributed by atoms with E-state index < -0.39 is 0 Å². The molecule has 2 heteroatoms. The van der Waals surface area contributed by atoms with Crippen LogP contribution in [0.5, 0.6) is 5.75 Å². The molecule has 2 aliphatic rings. The predicted octanol–water partition coefficient (Wildman–Crippen LogP) is 4.56. The Balaban J connectivity index is 1.55. The molecule has 1 heterocycles. The van der Waals surface area contributed by atoms with E-state index in [0.717, 1.165) is 30.7 Å². The van der Waals surface area contributed by atoms with Crippen molar-refractivity contribution in [2.45, 2.75) is 52.0 Å². The van der Waals surface area contributed by atoms with Gasteiger partial charge in [0.05, 0.1) is 6.61 Å². The number of rotatable bonds is 4. The maximum Gasteiger partial charge on any atom is 0.124 e. The second-order valence-corrected chi connectivity index (χ2v) is 7.18. The van der Waals surface area contributed by atoms with E-state index in [0.29, 0.717) is 12.0 Å². The second-order valence-electron chi connectivity index (χ2n) is 7.18. The first kappa shape index (κ1) is 14.9. The van der Waals surface area contributed by atoms with E-state index >= 15 is 0 Å². The van der Waals surface area contributed by atoms with Crippen molar-refractivity contribution < 1.29 is 4.74 Å². The Labute approximate surface area is 129 Å². The molecule has 1 aliphatic heterocycles. The van der Waals surface area contributed by atoms with Crippen LogP contribution in [0.2, 0.25) is 0 Å². The first-order valence-electron chi connectivity index (χ1n) is 8.69. The lowest BCUT2D eigenvalue weighted by atomic mass is 9.81. The molecule has 21 heavy (non-hydrogen) atoms. The summed E-state index contributed by atoms with van der Waals surface area (Å²) in [5.74, 6) is 3.49. The molecule has 0 spiro atoms. The summed E-state index contributed by atoms with van der Waals surface area (Å²) in [6.45, 7) is 6.67. The number of hydrogen-bond acceptors (Lipinski definition) is 2. The normalized spacial score (nSPS) is 32.3. The highest BCUT2D eigenvalue weighted by Crippen LogP contribution is 2.35. The largest absolute Gasteiger partial charge is 0.493 e. The van der Waals surface area contributed by atoms with E-state index in [9.17, 15) is 0 Å². The van der Waals surface area contributed by atoms with Crippen LogP contribution in [0.4, 0.5) is 0 Å². The summed E-state index contributed by atoms with van der Waals surface area (Å²) in [6.07, 6.45) is 7.07. The van der Waals surface area contributed by atoms with E-state index in [1.54, 1.807) is 0 Å². The third-order valence-corrected chi connectivity index (χ3v) is 5.29. The lowest BCUT2D eigenvalue weighted by molar-refractivity contribution is 0.184. The fraction of sp³-hybridized carbons (Fsp3) is 0.684. The molecule has 1 aliphatic carbocycles. The maximum atomic E-state index is 5.84. The third-order valence-electron chi connectivity index (χ3n) is 5.29. The maximum absolute atomic E-state index is 5.84. The zero-order chi connectivity index (χ0) is 14.7. The van der Waals surface area contributed by atoms with Crippen molar-refractivity contribution in [1.82, 2.24) is 5.32 Å². The molecule has 0 aromatic heterocycles.